The molecule has 1 atom stereocenters. The van der Waals surface area contributed by atoms with E-state index in [-0.39, 0.29) is 4.90 Å². The summed E-state index contributed by atoms with van der Waals surface area (Å²) in [6, 6.07) is 2.03. The van der Waals surface area contributed by atoms with Gasteiger partial charge in [0.05, 0.1) is 4.90 Å². The van der Waals surface area contributed by atoms with Gasteiger partial charge in [-0.2, -0.15) is 4.72 Å². The Labute approximate surface area is 98.3 Å². The highest BCUT2D eigenvalue weighted by molar-refractivity contribution is 7.89. The van der Waals surface area contributed by atoms with E-state index in [0.29, 0.717) is 5.56 Å². The van der Waals surface area contributed by atoms with Crippen LogP contribution in [0.5, 0.6) is 0 Å². The zero-order chi connectivity index (χ0) is 13.2. The monoisotopic (exact) mass is 261 g/mol. The minimum Gasteiger partial charge on any atom is -0.480 e. The van der Waals surface area contributed by atoms with Crippen molar-refractivity contribution in [2.75, 3.05) is 0 Å². The SMILES string of the molecule is Cc1ccc(F)cc1S(=O)(=O)NC(C)C(=O)O. The van der Waals surface area contributed by atoms with Crippen molar-refractivity contribution in [2.45, 2.75) is 24.8 Å². The minimum absolute atomic E-state index is 0.259. The predicted octanol–water partition coefficient (Wildman–Crippen LogP) is 0.886. The molecule has 0 saturated heterocycles. The van der Waals surface area contributed by atoms with Crippen molar-refractivity contribution in [3.8, 4) is 0 Å². The molecule has 0 amide bonds. The summed E-state index contributed by atoms with van der Waals surface area (Å²) in [4.78, 5) is 10.3. The molecule has 0 aliphatic heterocycles. The Kier molecular flexibility index (Phi) is 3.84. The zero-order valence-electron chi connectivity index (χ0n) is 9.27. The Bertz CT molecular complexity index is 541. The van der Waals surface area contributed by atoms with E-state index >= 15 is 0 Å². The first-order valence-corrected chi connectivity index (χ1v) is 6.23. The summed E-state index contributed by atoms with van der Waals surface area (Å²) in [5.74, 6) is -2.00. The van der Waals surface area contributed by atoms with Gasteiger partial charge >= 0.3 is 5.97 Å². The zero-order valence-corrected chi connectivity index (χ0v) is 10.1. The summed E-state index contributed by atoms with van der Waals surface area (Å²) >= 11 is 0. The van der Waals surface area contributed by atoms with Gasteiger partial charge < -0.3 is 5.11 Å². The highest BCUT2D eigenvalue weighted by Crippen LogP contribution is 2.16. The smallest absolute Gasteiger partial charge is 0.321 e. The maximum atomic E-state index is 13.0. The molecule has 1 rings (SSSR count). The number of benzene rings is 1. The molecule has 0 aliphatic rings. The Hall–Kier alpha value is -1.47. The van der Waals surface area contributed by atoms with Crippen LogP contribution >= 0.6 is 0 Å². The largest absolute Gasteiger partial charge is 0.480 e. The van der Waals surface area contributed by atoms with Gasteiger partial charge in [0.1, 0.15) is 11.9 Å². The van der Waals surface area contributed by atoms with Gasteiger partial charge in [0.2, 0.25) is 10.0 Å². The standard InChI is InChI=1S/C10H12FNO4S/c1-6-3-4-8(11)5-9(6)17(15,16)12-7(2)10(13)14/h3-5,7,12H,1-2H3,(H,13,14). The molecule has 0 radical (unpaired) electrons. The van der Waals surface area contributed by atoms with Crippen molar-refractivity contribution in [3.63, 3.8) is 0 Å². The number of aliphatic carboxylic acids is 1. The Balaban J connectivity index is 3.13. The van der Waals surface area contributed by atoms with Crippen LogP contribution in [0.1, 0.15) is 12.5 Å². The van der Waals surface area contributed by atoms with Gasteiger partial charge in [-0.1, -0.05) is 6.07 Å². The first-order valence-electron chi connectivity index (χ1n) is 4.75. The molecule has 1 unspecified atom stereocenters. The fraction of sp³-hybridized carbons (Fsp3) is 0.300. The number of carboxylic acid groups (broad SMARTS) is 1. The van der Waals surface area contributed by atoms with E-state index in [2.05, 4.69) is 0 Å². The molecule has 1 aromatic rings. The Morgan fingerprint density at radius 2 is 2.06 bits per heavy atom. The molecular formula is C10H12FNO4S. The number of sulfonamides is 1. The predicted molar refractivity (Wildman–Crippen MR) is 58.6 cm³/mol. The third-order valence-electron chi connectivity index (χ3n) is 2.14. The van der Waals surface area contributed by atoms with E-state index in [9.17, 15) is 17.6 Å². The molecule has 94 valence electrons. The molecule has 0 aliphatic carbocycles. The van der Waals surface area contributed by atoms with Gasteiger partial charge in [0, 0.05) is 0 Å². The summed E-state index contributed by atoms with van der Waals surface area (Å²) < 4.78 is 38.5. The molecule has 17 heavy (non-hydrogen) atoms. The molecule has 5 nitrogen and oxygen atoms in total. The number of hydrogen-bond acceptors (Lipinski definition) is 3. The van der Waals surface area contributed by atoms with Crippen molar-refractivity contribution in [1.82, 2.24) is 4.72 Å². The molecular weight excluding hydrogens is 249 g/mol. The normalized spacial score (nSPS) is 13.4. The fourth-order valence-electron chi connectivity index (χ4n) is 1.21. The van der Waals surface area contributed by atoms with Crippen LogP contribution in [0.2, 0.25) is 0 Å². The van der Waals surface area contributed by atoms with Crippen LogP contribution in [-0.2, 0) is 14.8 Å². The van der Waals surface area contributed by atoms with E-state index in [0.717, 1.165) is 12.1 Å². The van der Waals surface area contributed by atoms with E-state index in [1.165, 1.54) is 19.9 Å². The second-order valence-corrected chi connectivity index (χ2v) is 5.27. The average molecular weight is 261 g/mol. The lowest BCUT2D eigenvalue weighted by Gasteiger charge is -2.12. The van der Waals surface area contributed by atoms with E-state index in [1.54, 1.807) is 0 Å². The average Bonchev–Trinajstić information content (AvgIpc) is 2.20. The van der Waals surface area contributed by atoms with Crippen molar-refractivity contribution in [3.05, 3.63) is 29.6 Å². The van der Waals surface area contributed by atoms with Crippen molar-refractivity contribution in [2.24, 2.45) is 0 Å². The summed E-state index contributed by atoms with van der Waals surface area (Å²) in [5.41, 5.74) is 0.344. The number of halogens is 1. The molecule has 7 heteroatoms. The molecule has 0 aromatic heterocycles. The van der Waals surface area contributed by atoms with Gasteiger partial charge in [-0.3, -0.25) is 4.79 Å². The summed E-state index contributed by atoms with van der Waals surface area (Å²) in [7, 11) is -4.03. The summed E-state index contributed by atoms with van der Waals surface area (Å²) in [6.45, 7) is 2.69. The van der Waals surface area contributed by atoms with Gasteiger partial charge in [-0.25, -0.2) is 12.8 Å². The third kappa shape index (κ3) is 3.24. The first-order chi connectivity index (χ1) is 7.74. The second kappa shape index (κ2) is 4.80. The van der Waals surface area contributed by atoms with Gasteiger partial charge in [0.25, 0.3) is 0 Å². The summed E-state index contributed by atoms with van der Waals surface area (Å²) in [5, 5.41) is 8.62. The number of rotatable bonds is 4. The Morgan fingerprint density at radius 3 is 2.59 bits per heavy atom. The quantitative estimate of drug-likeness (QED) is 0.843. The maximum Gasteiger partial charge on any atom is 0.321 e. The molecule has 0 spiro atoms. The van der Waals surface area contributed by atoms with E-state index in [4.69, 9.17) is 5.11 Å². The fourth-order valence-corrected chi connectivity index (χ4v) is 2.66. The van der Waals surface area contributed by atoms with Crippen LogP contribution < -0.4 is 4.72 Å². The van der Waals surface area contributed by atoms with Crippen LogP contribution in [0.3, 0.4) is 0 Å². The van der Waals surface area contributed by atoms with Crippen molar-refractivity contribution in [1.29, 1.82) is 0 Å². The molecule has 0 fully saturated rings. The van der Waals surface area contributed by atoms with Gasteiger partial charge in [-0.15, -0.1) is 0 Å². The number of nitrogens with one attached hydrogen (secondary N) is 1. The lowest BCUT2D eigenvalue weighted by molar-refractivity contribution is -0.138. The minimum atomic E-state index is -4.03. The Morgan fingerprint density at radius 1 is 1.47 bits per heavy atom. The third-order valence-corrected chi connectivity index (χ3v) is 3.82. The van der Waals surface area contributed by atoms with Crippen LogP contribution in [0, 0.1) is 12.7 Å². The van der Waals surface area contributed by atoms with Gasteiger partial charge in [0.15, 0.2) is 0 Å². The van der Waals surface area contributed by atoms with E-state index in [1.807, 2.05) is 4.72 Å². The summed E-state index contributed by atoms with van der Waals surface area (Å²) in [6.07, 6.45) is 0. The highest BCUT2D eigenvalue weighted by atomic mass is 32.2. The number of carboxylic acids is 1. The van der Waals surface area contributed by atoms with Crippen LogP contribution in [0.25, 0.3) is 0 Å². The lowest BCUT2D eigenvalue weighted by Crippen LogP contribution is -2.38. The lowest BCUT2D eigenvalue weighted by atomic mass is 10.2. The molecule has 1 aromatic carbocycles. The second-order valence-electron chi connectivity index (χ2n) is 3.59. The number of carbonyl (C=O) groups is 1. The first kappa shape index (κ1) is 13.6. The number of hydrogen-bond donors (Lipinski definition) is 2. The van der Waals surface area contributed by atoms with Crippen LogP contribution in [0.15, 0.2) is 23.1 Å². The topological polar surface area (TPSA) is 83.5 Å². The van der Waals surface area contributed by atoms with Crippen molar-refractivity contribution < 1.29 is 22.7 Å². The molecule has 2 N–H and O–H groups in total. The highest BCUT2D eigenvalue weighted by Gasteiger charge is 2.23. The van der Waals surface area contributed by atoms with Crippen molar-refractivity contribution >= 4 is 16.0 Å². The maximum absolute atomic E-state index is 13.0. The molecule has 0 saturated carbocycles. The van der Waals surface area contributed by atoms with Crippen LogP contribution in [-0.4, -0.2) is 25.5 Å². The van der Waals surface area contributed by atoms with E-state index < -0.39 is 27.9 Å². The molecule has 0 heterocycles. The van der Waals surface area contributed by atoms with Gasteiger partial charge in [-0.05, 0) is 31.5 Å². The van der Waals surface area contributed by atoms with Crippen LogP contribution in [0.4, 0.5) is 4.39 Å². The molecule has 0 bridgehead atoms. The number of aryl methyl sites for hydroxylation is 1.